The molecule has 2 nitrogen and oxygen atoms in total. The quantitative estimate of drug-likeness (QED) is 0.676. The minimum atomic E-state index is 0.164. The molecule has 0 aromatic heterocycles. The first-order valence-electron chi connectivity index (χ1n) is 5.51. The molecule has 2 aliphatic carbocycles. The third-order valence-electron chi connectivity index (χ3n) is 2.82. The van der Waals surface area contributed by atoms with Crippen LogP contribution in [0.4, 0.5) is 0 Å². The highest BCUT2D eigenvalue weighted by atomic mass is 16.5. The Morgan fingerprint density at radius 3 is 2.93 bits per heavy atom. The summed E-state index contributed by atoms with van der Waals surface area (Å²) in [5, 5.41) is 0. The fourth-order valence-electron chi connectivity index (χ4n) is 2.17. The largest absolute Gasteiger partial charge is 0.372 e. The number of hydrogen-bond donors (Lipinski definition) is 0. The van der Waals surface area contributed by atoms with Crippen LogP contribution >= 0.6 is 0 Å². The Labute approximate surface area is 91.0 Å². The van der Waals surface area contributed by atoms with E-state index < -0.39 is 0 Å². The van der Waals surface area contributed by atoms with Gasteiger partial charge < -0.3 is 4.74 Å². The van der Waals surface area contributed by atoms with E-state index in [9.17, 15) is 0 Å². The molecule has 80 valence electrons. The lowest BCUT2D eigenvalue weighted by Crippen LogP contribution is -2.20. The van der Waals surface area contributed by atoms with Crippen LogP contribution in [0.25, 0.3) is 0 Å². The Bertz CT molecular complexity index is 361. The Kier molecular flexibility index (Phi) is 3.17. The van der Waals surface area contributed by atoms with Gasteiger partial charge in [-0.3, -0.25) is 4.99 Å². The highest BCUT2D eigenvalue weighted by molar-refractivity contribution is 6.09. The molecule has 0 N–H and O–H groups in total. The van der Waals surface area contributed by atoms with E-state index in [0.717, 1.165) is 25.2 Å². The van der Waals surface area contributed by atoms with Crippen LogP contribution < -0.4 is 0 Å². The number of rotatable bonds is 2. The first-order valence-corrected chi connectivity index (χ1v) is 5.51. The highest BCUT2D eigenvalue weighted by Crippen LogP contribution is 2.30. The minimum Gasteiger partial charge on any atom is -0.372 e. The molecule has 0 saturated carbocycles. The number of nitrogens with zero attached hydrogens (tertiary/aromatic N) is 1. The number of allylic oxidation sites excluding steroid dienone is 4. The van der Waals surface area contributed by atoms with Crippen LogP contribution in [-0.2, 0) is 4.74 Å². The van der Waals surface area contributed by atoms with Crippen LogP contribution in [0.2, 0.25) is 0 Å². The molecular formula is C13H17NO. The van der Waals surface area contributed by atoms with E-state index in [4.69, 9.17) is 4.74 Å². The molecule has 1 atom stereocenters. The monoisotopic (exact) mass is 203 g/mol. The molecule has 0 aliphatic heterocycles. The van der Waals surface area contributed by atoms with Crippen molar-refractivity contribution in [3.05, 3.63) is 35.5 Å². The molecule has 2 heteroatoms. The van der Waals surface area contributed by atoms with Crippen molar-refractivity contribution < 1.29 is 4.74 Å². The lowest BCUT2D eigenvalue weighted by atomic mass is 10.1. The zero-order valence-corrected chi connectivity index (χ0v) is 9.36. The second-order valence-corrected chi connectivity index (χ2v) is 3.74. The maximum atomic E-state index is 5.70. The molecule has 1 unspecified atom stereocenters. The molecule has 2 rings (SSSR count). The molecule has 0 amide bonds. The lowest BCUT2D eigenvalue weighted by Gasteiger charge is -2.11. The maximum absolute atomic E-state index is 5.70. The summed E-state index contributed by atoms with van der Waals surface area (Å²) < 4.78 is 5.70. The smallest absolute Gasteiger partial charge is 0.104 e. The van der Waals surface area contributed by atoms with Gasteiger partial charge in [0.2, 0.25) is 0 Å². The van der Waals surface area contributed by atoms with Gasteiger partial charge in [-0.15, -0.1) is 0 Å². The lowest BCUT2D eigenvalue weighted by molar-refractivity contribution is 0.113. The Morgan fingerprint density at radius 1 is 1.40 bits per heavy atom. The molecule has 0 heterocycles. The van der Waals surface area contributed by atoms with Gasteiger partial charge in [-0.1, -0.05) is 24.3 Å². The van der Waals surface area contributed by atoms with Crippen LogP contribution in [0, 0.1) is 0 Å². The summed E-state index contributed by atoms with van der Waals surface area (Å²) in [7, 11) is 1.85. The number of ether oxygens (including phenoxy) is 1. The van der Waals surface area contributed by atoms with Gasteiger partial charge in [0.1, 0.15) is 6.10 Å². The zero-order valence-electron chi connectivity index (χ0n) is 9.36. The van der Waals surface area contributed by atoms with Crippen molar-refractivity contribution in [1.82, 2.24) is 0 Å². The average Bonchev–Trinajstić information content (AvgIpc) is 2.43. The Balaban J connectivity index is 2.29. The molecule has 0 bridgehead atoms. The van der Waals surface area contributed by atoms with Crippen molar-refractivity contribution in [2.45, 2.75) is 25.9 Å². The van der Waals surface area contributed by atoms with Gasteiger partial charge >= 0.3 is 0 Å². The molecule has 0 radical (unpaired) electrons. The molecule has 0 spiro atoms. The van der Waals surface area contributed by atoms with Gasteiger partial charge in [-0.25, -0.2) is 0 Å². The summed E-state index contributed by atoms with van der Waals surface area (Å²) in [5.41, 5.74) is 3.74. The van der Waals surface area contributed by atoms with Crippen LogP contribution in [0.3, 0.4) is 0 Å². The van der Waals surface area contributed by atoms with E-state index >= 15 is 0 Å². The summed E-state index contributed by atoms with van der Waals surface area (Å²) in [4.78, 5) is 4.36. The fourth-order valence-corrected chi connectivity index (χ4v) is 2.17. The Morgan fingerprint density at radius 2 is 2.20 bits per heavy atom. The predicted molar refractivity (Wildman–Crippen MR) is 63.3 cm³/mol. The minimum absolute atomic E-state index is 0.164. The van der Waals surface area contributed by atoms with Crippen molar-refractivity contribution >= 4 is 5.71 Å². The van der Waals surface area contributed by atoms with Gasteiger partial charge in [0.25, 0.3) is 0 Å². The van der Waals surface area contributed by atoms with Crippen LogP contribution in [0.1, 0.15) is 19.8 Å². The first-order chi connectivity index (χ1) is 7.36. The fraction of sp³-hybridized carbons (Fsp3) is 0.462. The van der Waals surface area contributed by atoms with Crippen LogP contribution in [0.5, 0.6) is 0 Å². The second-order valence-electron chi connectivity index (χ2n) is 3.74. The van der Waals surface area contributed by atoms with E-state index in [-0.39, 0.29) is 6.10 Å². The molecule has 0 fully saturated rings. The van der Waals surface area contributed by atoms with Gasteiger partial charge in [-0.05, 0) is 18.9 Å². The molecule has 15 heavy (non-hydrogen) atoms. The average molecular weight is 203 g/mol. The molecule has 0 aromatic carbocycles. The predicted octanol–water partition coefficient (Wildman–Crippen LogP) is 2.68. The van der Waals surface area contributed by atoms with Crippen molar-refractivity contribution in [2.24, 2.45) is 4.99 Å². The molecule has 0 saturated heterocycles. The topological polar surface area (TPSA) is 21.6 Å². The van der Waals surface area contributed by atoms with Crippen molar-refractivity contribution in [2.75, 3.05) is 13.7 Å². The maximum Gasteiger partial charge on any atom is 0.104 e. The summed E-state index contributed by atoms with van der Waals surface area (Å²) in [6, 6.07) is 0. The van der Waals surface area contributed by atoms with E-state index in [1.807, 2.05) is 14.0 Å². The number of hydrogen-bond acceptors (Lipinski definition) is 2. The van der Waals surface area contributed by atoms with Crippen LogP contribution in [0.15, 0.2) is 40.4 Å². The van der Waals surface area contributed by atoms with E-state index in [1.54, 1.807) is 0 Å². The van der Waals surface area contributed by atoms with E-state index in [2.05, 4.69) is 29.3 Å². The normalized spacial score (nSPS) is 27.3. The zero-order chi connectivity index (χ0) is 10.7. The van der Waals surface area contributed by atoms with Crippen LogP contribution in [-0.4, -0.2) is 25.5 Å². The molecule has 2 aliphatic rings. The van der Waals surface area contributed by atoms with Gasteiger partial charge in [0, 0.05) is 25.6 Å². The van der Waals surface area contributed by atoms with Crippen molar-refractivity contribution in [3.63, 3.8) is 0 Å². The SMILES string of the molecule is CCOC1CC2=C(C=CCC=C2)C1=NC. The van der Waals surface area contributed by atoms with Gasteiger partial charge in [-0.2, -0.15) is 0 Å². The second kappa shape index (κ2) is 4.58. The van der Waals surface area contributed by atoms with Gasteiger partial charge in [0.05, 0.1) is 5.71 Å². The third kappa shape index (κ3) is 1.95. The standard InChI is InChI=1S/C13H17NO/c1-3-15-12-9-10-7-5-4-6-8-11(10)13(12)14-2/h5-8,12H,3-4,9H2,1-2H3. The summed E-state index contributed by atoms with van der Waals surface area (Å²) >= 11 is 0. The van der Waals surface area contributed by atoms with Crippen molar-refractivity contribution in [3.8, 4) is 0 Å². The van der Waals surface area contributed by atoms with Crippen molar-refractivity contribution in [1.29, 1.82) is 0 Å². The van der Waals surface area contributed by atoms with E-state index in [0.29, 0.717) is 0 Å². The third-order valence-corrected chi connectivity index (χ3v) is 2.82. The number of aliphatic imine (C=N–C) groups is 1. The summed E-state index contributed by atoms with van der Waals surface area (Å²) in [6.07, 6.45) is 10.9. The van der Waals surface area contributed by atoms with Gasteiger partial charge in [0.15, 0.2) is 0 Å². The molecular weight excluding hydrogens is 186 g/mol. The summed E-state index contributed by atoms with van der Waals surface area (Å²) in [6.45, 7) is 2.78. The highest BCUT2D eigenvalue weighted by Gasteiger charge is 2.28. The first kappa shape index (κ1) is 10.4. The molecule has 0 aromatic rings. The summed E-state index contributed by atoms with van der Waals surface area (Å²) in [5.74, 6) is 0. The Hall–Kier alpha value is -1.15. The van der Waals surface area contributed by atoms with E-state index in [1.165, 1.54) is 11.1 Å².